The first-order chi connectivity index (χ1) is 27.6. The molecule has 5 rings (SSSR count). The van der Waals surface area contributed by atoms with Crippen LogP contribution in [0.15, 0.2) is 93.9 Å². The van der Waals surface area contributed by atoms with E-state index in [2.05, 4.69) is 131 Å². The summed E-state index contributed by atoms with van der Waals surface area (Å²) in [4.78, 5) is 0. The van der Waals surface area contributed by atoms with Gasteiger partial charge in [0.25, 0.3) is 0 Å². The van der Waals surface area contributed by atoms with Gasteiger partial charge in [-0.3, -0.25) is 0 Å². The molecule has 0 saturated heterocycles. The Morgan fingerprint density at radius 3 is 1.30 bits per heavy atom. The molecule has 5 heteroatoms. The van der Waals surface area contributed by atoms with E-state index >= 15 is 0 Å². The van der Waals surface area contributed by atoms with Crippen LogP contribution in [0.2, 0.25) is 0 Å². The highest BCUT2D eigenvalue weighted by Crippen LogP contribution is 2.41. The third kappa shape index (κ3) is 14.4. The van der Waals surface area contributed by atoms with Gasteiger partial charge in [-0.25, -0.2) is 0 Å². The van der Waals surface area contributed by atoms with Crippen molar-refractivity contribution in [1.29, 1.82) is 0 Å². The Morgan fingerprint density at radius 1 is 0.375 bits per heavy atom. The molecule has 56 heavy (non-hydrogen) atoms. The van der Waals surface area contributed by atoms with Gasteiger partial charge in [0.05, 0.1) is 13.2 Å². The largest absolute Gasteiger partial charge is 0.493 e. The van der Waals surface area contributed by atoms with Crippen molar-refractivity contribution in [2.75, 3.05) is 13.2 Å². The molecule has 0 aliphatic rings. The summed E-state index contributed by atoms with van der Waals surface area (Å²) in [5.74, 6) is 2.59. The number of halogens is 2. The number of ether oxygens (including phenoxy) is 3. The van der Waals surface area contributed by atoms with Crippen LogP contribution in [0.5, 0.6) is 17.2 Å². The molecule has 5 aromatic rings. The number of rotatable bonds is 28. The Kier molecular flexibility index (Phi) is 20.0. The number of hydrogen-bond donors (Lipinski definition) is 0. The number of hydrogen-bond acceptors (Lipinski definition) is 3. The lowest BCUT2D eigenvalue weighted by Crippen LogP contribution is -2.03. The molecule has 0 N–H and O–H groups in total. The summed E-state index contributed by atoms with van der Waals surface area (Å²) in [6, 6.07) is 29.9. The van der Waals surface area contributed by atoms with Crippen molar-refractivity contribution in [2.45, 2.75) is 149 Å². The second kappa shape index (κ2) is 25.4. The highest BCUT2D eigenvalue weighted by atomic mass is 79.9. The molecule has 5 aromatic carbocycles. The normalized spacial score (nSPS) is 11.4. The lowest BCUT2D eigenvalue weighted by molar-refractivity contribution is 0.282. The Balaban J connectivity index is 1.14. The average Bonchev–Trinajstić information content (AvgIpc) is 3.23. The van der Waals surface area contributed by atoms with E-state index in [-0.39, 0.29) is 0 Å². The topological polar surface area (TPSA) is 27.7 Å². The third-order valence-electron chi connectivity index (χ3n) is 11.0. The molecule has 0 heterocycles. The van der Waals surface area contributed by atoms with Gasteiger partial charge in [0, 0.05) is 15.0 Å². The molecule has 0 amide bonds. The second-order valence-electron chi connectivity index (χ2n) is 15.6. The van der Waals surface area contributed by atoms with E-state index < -0.39 is 0 Å². The van der Waals surface area contributed by atoms with Crippen LogP contribution in [0.1, 0.15) is 148 Å². The molecule has 3 nitrogen and oxygen atoms in total. The first-order valence-electron chi connectivity index (χ1n) is 22.0. The maximum Gasteiger partial charge on any atom is 0.123 e. The fourth-order valence-electron chi connectivity index (χ4n) is 7.60. The summed E-state index contributed by atoms with van der Waals surface area (Å²) >= 11 is 7.77. The van der Waals surface area contributed by atoms with Gasteiger partial charge in [-0.2, -0.15) is 0 Å². The second-order valence-corrected chi connectivity index (χ2v) is 17.2. The lowest BCUT2D eigenvalue weighted by Gasteiger charge is -2.14. The van der Waals surface area contributed by atoms with Gasteiger partial charge in [-0.15, -0.1) is 0 Å². The molecule has 0 aromatic heterocycles. The van der Waals surface area contributed by atoms with Crippen LogP contribution in [0.25, 0.3) is 32.7 Å². The molecular weight excluding hydrogens is 820 g/mol. The van der Waals surface area contributed by atoms with Crippen molar-refractivity contribution in [3.05, 3.63) is 99.4 Å². The molecular formula is C51H66Br2O3. The summed E-state index contributed by atoms with van der Waals surface area (Å²) in [7, 11) is 0. The predicted octanol–water partition coefficient (Wildman–Crippen LogP) is 17.4. The standard InChI is InChI=1S/C51H66Br2O3/c1-3-5-7-9-11-13-15-17-19-23-33-54-44-35-40(36-45(38-44)55-34-24-20-18-16-14-12-10-8-6-4-2)39-56-43-30-27-41(28-31-43)42-29-32-48-49(37-42)51(53)47-26-22-21-25-46(47)50(48)52/h21-22,25-32,35-38H,3-20,23-24,33-34,39H2,1-2H3. The zero-order chi connectivity index (χ0) is 39.2. The van der Waals surface area contributed by atoms with E-state index in [9.17, 15) is 0 Å². The first-order valence-corrected chi connectivity index (χ1v) is 23.6. The van der Waals surface area contributed by atoms with Crippen LogP contribution in [0.3, 0.4) is 0 Å². The predicted molar refractivity (Wildman–Crippen MR) is 248 cm³/mol. The monoisotopic (exact) mass is 884 g/mol. The summed E-state index contributed by atoms with van der Waals surface area (Å²) in [5, 5.41) is 4.80. The Hall–Kier alpha value is -3.02. The molecule has 0 atom stereocenters. The van der Waals surface area contributed by atoms with E-state index in [0.717, 1.165) is 63.4 Å². The SMILES string of the molecule is CCCCCCCCCCCCOc1cc(COc2ccc(-c3ccc4c(Br)c5ccccc5c(Br)c4c3)cc2)cc(OCCCCCCCCCCCC)c1. The molecule has 0 saturated carbocycles. The summed E-state index contributed by atoms with van der Waals surface area (Å²) in [6.45, 7) is 6.49. The lowest BCUT2D eigenvalue weighted by atomic mass is 9.98. The van der Waals surface area contributed by atoms with Crippen molar-refractivity contribution < 1.29 is 14.2 Å². The zero-order valence-corrected chi connectivity index (χ0v) is 37.5. The van der Waals surface area contributed by atoms with Crippen LogP contribution in [0, 0.1) is 0 Å². The third-order valence-corrected chi connectivity index (χ3v) is 12.7. The van der Waals surface area contributed by atoms with E-state index in [1.807, 2.05) is 0 Å². The highest BCUT2D eigenvalue weighted by Gasteiger charge is 2.12. The number of unbranched alkanes of at least 4 members (excludes halogenated alkanes) is 18. The molecule has 0 fully saturated rings. The minimum absolute atomic E-state index is 0.452. The number of fused-ring (bicyclic) bond motifs is 2. The fraction of sp³-hybridized carbons (Fsp3) is 0.490. The van der Waals surface area contributed by atoms with Gasteiger partial charge in [0.15, 0.2) is 0 Å². The first kappa shape index (κ1) is 44.1. The van der Waals surface area contributed by atoms with Gasteiger partial charge in [0.1, 0.15) is 23.9 Å². The molecule has 0 radical (unpaired) electrons. The molecule has 302 valence electrons. The van der Waals surface area contributed by atoms with Gasteiger partial charge < -0.3 is 14.2 Å². The average molecular weight is 887 g/mol. The van der Waals surface area contributed by atoms with Crippen LogP contribution in [0.4, 0.5) is 0 Å². The van der Waals surface area contributed by atoms with Gasteiger partial charge in [0.2, 0.25) is 0 Å². The van der Waals surface area contributed by atoms with Crippen molar-refractivity contribution in [3.63, 3.8) is 0 Å². The summed E-state index contributed by atoms with van der Waals surface area (Å²) in [5.41, 5.74) is 3.38. The molecule has 0 unspecified atom stereocenters. The molecule has 0 aliphatic heterocycles. The highest BCUT2D eigenvalue weighted by molar-refractivity contribution is 9.11. The van der Waals surface area contributed by atoms with Gasteiger partial charge in [-0.1, -0.05) is 178 Å². The summed E-state index contributed by atoms with van der Waals surface area (Å²) < 4.78 is 21.2. The summed E-state index contributed by atoms with van der Waals surface area (Å²) in [6.07, 6.45) is 26.4. The Labute approximate surface area is 355 Å². The van der Waals surface area contributed by atoms with Crippen LogP contribution >= 0.6 is 31.9 Å². The minimum atomic E-state index is 0.452. The van der Waals surface area contributed by atoms with Crippen molar-refractivity contribution in [3.8, 4) is 28.4 Å². The smallest absolute Gasteiger partial charge is 0.123 e. The van der Waals surface area contributed by atoms with Gasteiger partial charge >= 0.3 is 0 Å². The molecule has 0 bridgehead atoms. The van der Waals surface area contributed by atoms with E-state index in [0.29, 0.717) is 6.61 Å². The van der Waals surface area contributed by atoms with Crippen molar-refractivity contribution in [2.24, 2.45) is 0 Å². The maximum absolute atomic E-state index is 6.34. The zero-order valence-electron chi connectivity index (χ0n) is 34.3. The van der Waals surface area contributed by atoms with E-state index in [4.69, 9.17) is 14.2 Å². The molecule has 0 spiro atoms. The van der Waals surface area contributed by atoms with Crippen molar-refractivity contribution >= 4 is 53.4 Å². The minimum Gasteiger partial charge on any atom is -0.493 e. The quantitative estimate of drug-likeness (QED) is 0.0370. The fourth-order valence-corrected chi connectivity index (χ4v) is 8.97. The Bertz CT molecular complexity index is 1820. The number of benzene rings is 5. The van der Waals surface area contributed by atoms with Gasteiger partial charge in [-0.05, 0) is 113 Å². The van der Waals surface area contributed by atoms with E-state index in [1.165, 1.54) is 143 Å². The van der Waals surface area contributed by atoms with Crippen LogP contribution in [-0.4, -0.2) is 13.2 Å². The van der Waals surface area contributed by atoms with Crippen LogP contribution in [-0.2, 0) is 6.61 Å². The van der Waals surface area contributed by atoms with Crippen LogP contribution < -0.4 is 14.2 Å². The Morgan fingerprint density at radius 2 is 0.804 bits per heavy atom. The van der Waals surface area contributed by atoms with E-state index in [1.54, 1.807) is 0 Å². The maximum atomic E-state index is 6.34. The molecule has 0 aliphatic carbocycles. The van der Waals surface area contributed by atoms with Crippen molar-refractivity contribution in [1.82, 2.24) is 0 Å².